The van der Waals surface area contributed by atoms with Crippen LogP contribution in [-0.4, -0.2) is 0 Å². The van der Waals surface area contributed by atoms with Gasteiger partial charge in [0.05, 0.1) is 0 Å². The molecule has 0 heteroatoms. The Morgan fingerprint density at radius 1 is 0.647 bits per heavy atom. The van der Waals surface area contributed by atoms with Gasteiger partial charge in [0.1, 0.15) is 0 Å². The average Bonchev–Trinajstić information content (AvgIpc) is 3.45. The molecular formula is C34H32. The van der Waals surface area contributed by atoms with Crippen molar-refractivity contribution in [1.29, 1.82) is 0 Å². The smallest absolute Gasteiger partial charge is 0.0311 e. The van der Waals surface area contributed by atoms with Crippen molar-refractivity contribution in [1.82, 2.24) is 0 Å². The van der Waals surface area contributed by atoms with Crippen molar-refractivity contribution < 1.29 is 0 Å². The van der Waals surface area contributed by atoms with Crippen LogP contribution in [-0.2, 0) is 6.42 Å². The third kappa shape index (κ3) is 3.62. The maximum atomic E-state index is 2.54. The molecule has 0 saturated heterocycles. The van der Waals surface area contributed by atoms with Crippen molar-refractivity contribution in [2.45, 2.75) is 51.4 Å². The Balaban J connectivity index is 1.47. The third-order valence-corrected chi connectivity index (χ3v) is 7.75. The molecule has 0 saturated carbocycles. The van der Waals surface area contributed by atoms with E-state index in [9.17, 15) is 0 Å². The highest BCUT2D eigenvalue weighted by molar-refractivity contribution is 5.85. The minimum absolute atomic E-state index is 0.365. The van der Waals surface area contributed by atoms with E-state index in [4.69, 9.17) is 0 Å². The minimum atomic E-state index is 0.365. The molecule has 6 rings (SSSR count). The first-order valence-electron chi connectivity index (χ1n) is 12.9. The molecule has 4 aromatic carbocycles. The maximum Gasteiger partial charge on any atom is 0.0311 e. The highest BCUT2D eigenvalue weighted by Gasteiger charge is 2.32. The highest BCUT2D eigenvalue weighted by atomic mass is 14.4. The molecule has 0 aromatic heterocycles. The van der Waals surface area contributed by atoms with Crippen molar-refractivity contribution in [3.8, 4) is 22.3 Å². The van der Waals surface area contributed by atoms with Crippen LogP contribution in [0.5, 0.6) is 0 Å². The lowest BCUT2D eigenvalue weighted by Crippen LogP contribution is -2.05. The van der Waals surface area contributed by atoms with Crippen LogP contribution in [0.1, 0.15) is 72.8 Å². The van der Waals surface area contributed by atoms with Crippen LogP contribution in [0.25, 0.3) is 28.3 Å². The lowest BCUT2D eigenvalue weighted by molar-refractivity contribution is 0.654. The molecule has 2 aliphatic carbocycles. The number of allylic oxidation sites excluding steroid dienone is 1. The second-order valence-corrected chi connectivity index (χ2v) is 9.84. The Hall–Kier alpha value is -3.38. The molecule has 0 aliphatic heterocycles. The van der Waals surface area contributed by atoms with E-state index in [1.165, 1.54) is 82.2 Å². The summed E-state index contributed by atoms with van der Waals surface area (Å²) in [7, 11) is 0. The molecular weight excluding hydrogens is 408 g/mol. The topological polar surface area (TPSA) is 0 Å². The molecule has 0 nitrogen and oxygen atoms in total. The zero-order valence-corrected chi connectivity index (χ0v) is 20.1. The van der Waals surface area contributed by atoms with Crippen molar-refractivity contribution in [2.24, 2.45) is 0 Å². The SMILES string of the molecule is CCCCCCC1=Cc2c(-c3ccccc3)cccc2C1c1cccc2c1Cc1ccccc1-2. The zero-order valence-electron chi connectivity index (χ0n) is 20.1. The quantitative estimate of drug-likeness (QED) is 0.221. The molecule has 0 bridgehead atoms. The van der Waals surface area contributed by atoms with Crippen molar-refractivity contribution in [3.63, 3.8) is 0 Å². The summed E-state index contributed by atoms with van der Waals surface area (Å²) in [5.74, 6) is 0.365. The van der Waals surface area contributed by atoms with Crippen LogP contribution >= 0.6 is 0 Å². The van der Waals surface area contributed by atoms with Gasteiger partial charge in [-0.1, -0.05) is 129 Å². The van der Waals surface area contributed by atoms with E-state index in [0.717, 1.165) is 6.42 Å². The van der Waals surface area contributed by atoms with Gasteiger partial charge in [-0.25, -0.2) is 0 Å². The molecule has 1 atom stereocenters. The van der Waals surface area contributed by atoms with Gasteiger partial charge in [-0.3, -0.25) is 0 Å². The first-order valence-corrected chi connectivity index (χ1v) is 12.9. The molecule has 0 fully saturated rings. The summed E-state index contributed by atoms with van der Waals surface area (Å²) in [5, 5.41) is 0. The Morgan fingerprint density at radius 2 is 1.38 bits per heavy atom. The Morgan fingerprint density at radius 3 is 2.24 bits per heavy atom. The Bertz CT molecular complexity index is 1360. The lowest BCUT2D eigenvalue weighted by atomic mass is 9.82. The fourth-order valence-electron chi connectivity index (χ4n) is 6.13. The van der Waals surface area contributed by atoms with Gasteiger partial charge in [-0.2, -0.15) is 0 Å². The van der Waals surface area contributed by atoms with E-state index in [0.29, 0.717) is 5.92 Å². The van der Waals surface area contributed by atoms with Gasteiger partial charge in [0.15, 0.2) is 0 Å². The van der Waals surface area contributed by atoms with Crippen LogP contribution in [0.15, 0.2) is 96.6 Å². The summed E-state index contributed by atoms with van der Waals surface area (Å²) in [5.41, 5.74) is 14.6. The normalized spacial score (nSPS) is 15.6. The third-order valence-electron chi connectivity index (χ3n) is 7.75. The average molecular weight is 441 g/mol. The molecule has 168 valence electrons. The summed E-state index contributed by atoms with van der Waals surface area (Å²) >= 11 is 0. The van der Waals surface area contributed by atoms with E-state index in [1.807, 2.05) is 0 Å². The van der Waals surface area contributed by atoms with Crippen LogP contribution in [0.4, 0.5) is 0 Å². The van der Waals surface area contributed by atoms with Crippen molar-refractivity contribution in [3.05, 3.63) is 124 Å². The summed E-state index contributed by atoms with van der Waals surface area (Å²) in [6, 6.07) is 33.8. The van der Waals surface area contributed by atoms with Crippen LogP contribution < -0.4 is 0 Å². The number of unbranched alkanes of at least 4 members (excludes halogenated alkanes) is 3. The second-order valence-electron chi connectivity index (χ2n) is 9.84. The van der Waals surface area contributed by atoms with Gasteiger partial charge >= 0.3 is 0 Å². The summed E-state index contributed by atoms with van der Waals surface area (Å²) in [4.78, 5) is 0. The van der Waals surface area contributed by atoms with E-state index < -0.39 is 0 Å². The fourth-order valence-corrected chi connectivity index (χ4v) is 6.13. The van der Waals surface area contributed by atoms with E-state index in [-0.39, 0.29) is 0 Å². The standard InChI is InChI=1S/C34H32/c1-2-3-4-6-16-26-23-32-27(24-13-7-5-8-14-24)18-11-20-30(32)34(26)31-21-12-19-29-28-17-10-9-15-25(28)22-33(29)31/h5,7-15,17-21,23,34H,2-4,6,16,22H2,1H3. The van der Waals surface area contributed by atoms with E-state index >= 15 is 0 Å². The highest BCUT2D eigenvalue weighted by Crippen LogP contribution is 2.50. The van der Waals surface area contributed by atoms with Crippen LogP contribution in [0, 0.1) is 0 Å². The van der Waals surface area contributed by atoms with Gasteiger partial charge in [0, 0.05) is 5.92 Å². The van der Waals surface area contributed by atoms with Gasteiger partial charge in [-0.05, 0) is 69.3 Å². The number of fused-ring (bicyclic) bond motifs is 4. The predicted molar refractivity (Wildman–Crippen MR) is 145 cm³/mol. The van der Waals surface area contributed by atoms with Gasteiger partial charge < -0.3 is 0 Å². The largest absolute Gasteiger partial charge is 0.0654 e. The second kappa shape index (κ2) is 9.11. The Kier molecular flexibility index (Phi) is 5.67. The first-order chi connectivity index (χ1) is 16.8. The van der Waals surface area contributed by atoms with Crippen LogP contribution in [0.3, 0.4) is 0 Å². The van der Waals surface area contributed by atoms with Gasteiger partial charge in [0.2, 0.25) is 0 Å². The maximum absolute atomic E-state index is 2.54. The molecule has 1 unspecified atom stereocenters. The molecule has 4 aromatic rings. The summed E-state index contributed by atoms with van der Waals surface area (Å²) in [6.07, 6.45) is 9.98. The lowest BCUT2D eigenvalue weighted by Gasteiger charge is -2.21. The number of benzene rings is 4. The predicted octanol–water partition coefficient (Wildman–Crippen LogP) is 9.42. The summed E-state index contributed by atoms with van der Waals surface area (Å²) < 4.78 is 0. The molecule has 0 heterocycles. The fraction of sp³-hybridized carbons (Fsp3) is 0.235. The number of hydrogen-bond donors (Lipinski definition) is 0. The molecule has 2 aliphatic rings. The van der Waals surface area contributed by atoms with E-state index in [1.54, 1.807) is 5.57 Å². The van der Waals surface area contributed by atoms with Gasteiger partial charge in [-0.15, -0.1) is 0 Å². The number of rotatable bonds is 7. The molecule has 0 amide bonds. The molecule has 34 heavy (non-hydrogen) atoms. The minimum Gasteiger partial charge on any atom is -0.0654 e. The van der Waals surface area contributed by atoms with E-state index in [2.05, 4.69) is 104 Å². The van der Waals surface area contributed by atoms with Crippen molar-refractivity contribution in [2.75, 3.05) is 0 Å². The molecule has 0 spiro atoms. The Labute approximate surface area is 204 Å². The van der Waals surface area contributed by atoms with Gasteiger partial charge in [0.25, 0.3) is 0 Å². The van der Waals surface area contributed by atoms with Crippen LogP contribution in [0.2, 0.25) is 0 Å². The summed E-state index contributed by atoms with van der Waals surface area (Å²) in [6.45, 7) is 2.30. The molecule has 0 N–H and O–H groups in total. The van der Waals surface area contributed by atoms with Crippen molar-refractivity contribution >= 4 is 6.08 Å². The number of hydrogen-bond acceptors (Lipinski definition) is 0. The molecule has 0 radical (unpaired) electrons. The first kappa shape index (κ1) is 21.2. The monoisotopic (exact) mass is 440 g/mol. The zero-order chi connectivity index (χ0) is 22.9.